The summed E-state index contributed by atoms with van der Waals surface area (Å²) in [5.74, 6) is 0.815. The first-order chi connectivity index (χ1) is 14.2. The van der Waals surface area contributed by atoms with E-state index >= 15 is 0 Å². The minimum Gasteiger partial charge on any atom is -0.447 e. The van der Waals surface area contributed by atoms with Crippen molar-refractivity contribution in [3.05, 3.63) is 29.8 Å². The molecule has 1 N–H and O–H groups in total. The molecule has 2 aliphatic heterocycles. The van der Waals surface area contributed by atoms with E-state index in [0.717, 1.165) is 31.7 Å². The lowest BCUT2D eigenvalue weighted by Crippen LogP contribution is -2.43. The number of benzene rings is 1. The first-order valence-corrected chi connectivity index (χ1v) is 11.9. The van der Waals surface area contributed by atoms with Crippen LogP contribution in [0.2, 0.25) is 0 Å². The minimum absolute atomic E-state index is 0. The number of carbonyl (C=O) groups excluding carboxylic acids is 2. The van der Waals surface area contributed by atoms with E-state index in [1.807, 2.05) is 26.0 Å². The van der Waals surface area contributed by atoms with E-state index in [4.69, 9.17) is 9.47 Å². The Bertz CT molecular complexity index is 774. The molecule has 0 aliphatic carbocycles. The number of cyclic esters (lactones) is 1. The molecule has 1 aromatic carbocycles. The molecule has 0 aromatic heterocycles. The fourth-order valence-electron chi connectivity index (χ4n) is 4.43. The van der Waals surface area contributed by atoms with Crippen molar-refractivity contribution >= 4 is 37.3 Å². The molecule has 2 atom stereocenters. The zero-order valence-electron chi connectivity index (χ0n) is 19.0. The Morgan fingerprint density at radius 3 is 2.87 bits per heavy atom. The van der Waals surface area contributed by atoms with Crippen LogP contribution in [0.25, 0.3) is 0 Å². The lowest BCUT2D eigenvalue weighted by Gasteiger charge is -2.35. The Kier molecular flexibility index (Phi) is 9.15. The molecule has 8 heteroatoms. The van der Waals surface area contributed by atoms with Crippen LogP contribution in [0.3, 0.4) is 0 Å². The van der Waals surface area contributed by atoms with Crippen molar-refractivity contribution in [1.29, 1.82) is 0 Å². The second-order valence-electron chi connectivity index (χ2n) is 8.90. The van der Waals surface area contributed by atoms with Crippen LogP contribution in [0.4, 0.5) is 4.79 Å². The molecule has 174 valence electrons. The van der Waals surface area contributed by atoms with Crippen molar-refractivity contribution in [2.75, 3.05) is 25.9 Å². The summed E-state index contributed by atoms with van der Waals surface area (Å²) in [6, 6.07) is 7.16. The number of likely N-dealkylation sites (N-methyl/N-ethyl adjacent to an activating group) is 1. The fraction of sp³-hybridized carbons (Fsp3) is 0.652. The van der Waals surface area contributed by atoms with Crippen LogP contribution < -0.4 is 10.1 Å². The van der Waals surface area contributed by atoms with Crippen LogP contribution in [-0.2, 0) is 14.9 Å². The molecular weight excluding hydrogens is 432 g/mol. The van der Waals surface area contributed by atoms with Crippen molar-refractivity contribution in [1.82, 2.24) is 10.2 Å². The van der Waals surface area contributed by atoms with Crippen LogP contribution in [0.15, 0.2) is 24.3 Å². The van der Waals surface area contributed by atoms with E-state index in [2.05, 4.69) is 30.3 Å². The third-order valence-electron chi connectivity index (χ3n) is 6.13. The quantitative estimate of drug-likeness (QED) is 0.659. The van der Waals surface area contributed by atoms with Gasteiger partial charge in [0.25, 0.3) is 0 Å². The Balaban J connectivity index is 0.00000341. The smallest absolute Gasteiger partial charge is 0.413 e. The lowest BCUT2D eigenvalue weighted by molar-refractivity contribution is -0.151. The lowest BCUT2D eigenvalue weighted by atomic mass is 9.74. The molecule has 2 aliphatic rings. The van der Waals surface area contributed by atoms with E-state index < -0.39 is 23.0 Å². The molecule has 31 heavy (non-hydrogen) atoms. The molecule has 1 aromatic rings. The summed E-state index contributed by atoms with van der Waals surface area (Å²) in [5.41, 5.74) is 1.27. The summed E-state index contributed by atoms with van der Waals surface area (Å²) in [5, 5.41) is 2.68. The van der Waals surface area contributed by atoms with Gasteiger partial charge in [0.05, 0.1) is 0 Å². The molecule has 2 unspecified atom stereocenters. The van der Waals surface area contributed by atoms with Crippen molar-refractivity contribution < 1.29 is 19.1 Å². The van der Waals surface area contributed by atoms with Gasteiger partial charge in [0.15, 0.2) is 4.93 Å². The molecular formula is C23H36N2O4S2. The second-order valence-corrected chi connectivity index (χ2v) is 10.6. The average Bonchev–Trinajstić information content (AvgIpc) is 2.95. The van der Waals surface area contributed by atoms with E-state index in [0.29, 0.717) is 12.2 Å². The van der Waals surface area contributed by atoms with Gasteiger partial charge in [0.2, 0.25) is 0 Å². The molecule has 0 bridgehead atoms. The number of esters is 1. The molecule has 2 fully saturated rings. The number of carbonyl (C=O) groups is 2. The third kappa shape index (κ3) is 6.80. The van der Waals surface area contributed by atoms with Crippen molar-refractivity contribution in [3.63, 3.8) is 0 Å². The minimum atomic E-state index is -0.688. The molecule has 6 nitrogen and oxygen atoms in total. The second kappa shape index (κ2) is 11.0. The summed E-state index contributed by atoms with van der Waals surface area (Å²) in [7, 11) is 2.18. The number of likely N-dealkylation sites (tertiary alicyclic amines) is 1. The number of thioether (sulfide) groups is 1. The Hall–Kier alpha value is -1.38. The molecule has 0 spiro atoms. The highest BCUT2D eigenvalue weighted by atomic mass is 32.2. The predicted molar refractivity (Wildman–Crippen MR) is 130 cm³/mol. The Labute approximate surface area is 197 Å². The Morgan fingerprint density at radius 1 is 1.35 bits per heavy atom. The van der Waals surface area contributed by atoms with Crippen molar-refractivity contribution in [3.8, 4) is 5.75 Å². The highest BCUT2D eigenvalue weighted by Gasteiger charge is 2.35. The number of nitrogens with zero attached hydrogens (tertiary/aromatic N) is 1. The highest BCUT2D eigenvalue weighted by molar-refractivity contribution is 8.00. The third-order valence-corrected chi connectivity index (χ3v) is 7.35. The van der Waals surface area contributed by atoms with E-state index in [-0.39, 0.29) is 18.9 Å². The van der Waals surface area contributed by atoms with E-state index in [1.54, 1.807) is 17.8 Å². The standard InChI is InChI=1S/C23H34N2O4S.H2S/c1-5-23(12-6-7-13-25(4)16-23)17-9-8-10-18(15-17)28-21(27)24-19-11-14-30-22(2,3)29-20(19)26;/h8-10,15,19H,5-7,11-14,16H2,1-4H3,(H,24,27);1H2. The van der Waals surface area contributed by atoms with E-state index in [1.165, 1.54) is 18.4 Å². The van der Waals surface area contributed by atoms with Gasteiger partial charge in [-0.15, -0.1) is 11.8 Å². The van der Waals surface area contributed by atoms with Gasteiger partial charge in [0, 0.05) is 12.0 Å². The van der Waals surface area contributed by atoms with Crippen molar-refractivity contribution in [2.45, 2.75) is 69.3 Å². The maximum absolute atomic E-state index is 12.5. The zero-order chi connectivity index (χ0) is 21.8. The highest BCUT2D eigenvalue weighted by Crippen LogP contribution is 2.37. The van der Waals surface area contributed by atoms with Gasteiger partial charge in [-0.25, -0.2) is 9.59 Å². The maximum Gasteiger partial charge on any atom is 0.413 e. The number of hydrogen-bond donors (Lipinski definition) is 1. The van der Waals surface area contributed by atoms with E-state index in [9.17, 15) is 9.59 Å². The molecule has 2 saturated heterocycles. The topological polar surface area (TPSA) is 67.9 Å². The average molecular weight is 469 g/mol. The monoisotopic (exact) mass is 468 g/mol. The van der Waals surface area contributed by atoms with Gasteiger partial charge >= 0.3 is 12.1 Å². The van der Waals surface area contributed by atoms with Gasteiger partial charge in [-0.3, -0.25) is 0 Å². The summed E-state index contributed by atoms with van der Waals surface area (Å²) in [6.45, 7) is 8.07. The molecule has 1 amide bonds. The molecule has 3 rings (SSSR count). The maximum atomic E-state index is 12.5. The van der Waals surface area contributed by atoms with Crippen LogP contribution in [0, 0.1) is 0 Å². The number of amides is 1. The predicted octanol–water partition coefficient (Wildman–Crippen LogP) is 4.44. The van der Waals surface area contributed by atoms with Gasteiger partial charge in [0.1, 0.15) is 11.8 Å². The summed E-state index contributed by atoms with van der Waals surface area (Å²) in [4.78, 5) is 26.6. The normalized spacial score (nSPS) is 26.6. The molecule has 0 radical (unpaired) electrons. The largest absolute Gasteiger partial charge is 0.447 e. The summed E-state index contributed by atoms with van der Waals surface area (Å²) < 4.78 is 11.0. The number of nitrogens with one attached hydrogen (secondary N) is 1. The number of ether oxygens (including phenoxy) is 2. The molecule has 2 heterocycles. The van der Waals surface area contributed by atoms with Gasteiger partial charge in [-0.05, 0) is 76.6 Å². The first-order valence-electron chi connectivity index (χ1n) is 10.9. The van der Waals surface area contributed by atoms with Gasteiger partial charge in [-0.1, -0.05) is 25.5 Å². The van der Waals surface area contributed by atoms with Gasteiger partial charge < -0.3 is 19.7 Å². The van der Waals surface area contributed by atoms with Crippen molar-refractivity contribution in [2.24, 2.45) is 0 Å². The molecule has 0 saturated carbocycles. The number of rotatable bonds is 4. The van der Waals surface area contributed by atoms with Crippen LogP contribution in [-0.4, -0.2) is 53.8 Å². The summed E-state index contributed by atoms with van der Waals surface area (Å²) in [6.07, 6.45) is 4.47. The zero-order valence-corrected chi connectivity index (χ0v) is 20.8. The Morgan fingerprint density at radius 2 is 2.13 bits per heavy atom. The fourth-order valence-corrected chi connectivity index (χ4v) is 5.42. The summed E-state index contributed by atoms with van der Waals surface area (Å²) >= 11 is 1.56. The van der Waals surface area contributed by atoms with Gasteiger partial charge in [-0.2, -0.15) is 13.5 Å². The first kappa shape index (κ1) is 25.9. The van der Waals surface area contributed by atoms with Crippen LogP contribution in [0.1, 0.15) is 58.4 Å². The van der Waals surface area contributed by atoms with Crippen LogP contribution in [0.5, 0.6) is 5.75 Å². The SMILES string of the molecule is CCC1(c2cccc(OC(=O)NC3CCSC(C)(C)OC3=O)c2)CCCCN(C)C1.S. The number of hydrogen-bond acceptors (Lipinski definition) is 6. The van der Waals surface area contributed by atoms with Crippen LogP contribution >= 0.6 is 25.3 Å².